The number of benzene rings is 4. The van der Waals surface area contributed by atoms with Crippen molar-refractivity contribution in [3.63, 3.8) is 0 Å². The normalized spacial score (nSPS) is 15.6. The Kier molecular flexibility index (Phi) is 14.7. The Labute approximate surface area is 340 Å². The van der Waals surface area contributed by atoms with Gasteiger partial charge in [0, 0.05) is 23.2 Å². The van der Waals surface area contributed by atoms with E-state index in [-0.39, 0.29) is 18.2 Å². The number of rotatable bonds is 22. The summed E-state index contributed by atoms with van der Waals surface area (Å²) in [5.74, 6) is 4.58. The molecule has 0 spiro atoms. The van der Waals surface area contributed by atoms with Gasteiger partial charge in [-0.1, -0.05) is 61.9 Å². The summed E-state index contributed by atoms with van der Waals surface area (Å²) >= 11 is 0. The van der Waals surface area contributed by atoms with Gasteiger partial charge >= 0.3 is 0 Å². The first-order valence-corrected chi connectivity index (χ1v) is 19.8. The van der Waals surface area contributed by atoms with E-state index >= 15 is 0 Å². The first-order valence-electron chi connectivity index (χ1n) is 19.8. The molecule has 0 saturated carbocycles. The number of nitrogens with zero attached hydrogens (tertiary/aromatic N) is 1. The Balaban J connectivity index is 0.875. The van der Waals surface area contributed by atoms with Gasteiger partial charge in [-0.3, -0.25) is 4.79 Å². The van der Waals surface area contributed by atoms with Crippen LogP contribution in [-0.2, 0) is 4.84 Å². The van der Waals surface area contributed by atoms with E-state index in [1.807, 2.05) is 66.7 Å². The maximum Gasteiger partial charge on any atom is 0.255 e. The predicted octanol–water partition coefficient (Wildman–Crippen LogP) is 9.04. The molecule has 310 valence electrons. The van der Waals surface area contributed by atoms with Crippen LogP contribution in [-0.4, -0.2) is 67.5 Å². The monoisotopic (exact) mass is 797 g/mol. The Hall–Kier alpha value is -5.98. The number of nitrogens with one attached hydrogen (secondary N) is 2. The van der Waals surface area contributed by atoms with Gasteiger partial charge < -0.3 is 53.4 Å². The van der Waals surface area contributed by atoms with Crippen LogP contribution in [0.4, 0.5) is 5.69 Å². The zero-order valence-electron chi connectivity index (χ0n) is 34.3. The minimum atomic E-state index is -0.351. The molecule has 13 nitrogen and oxygen atoms in total. The summed E-state index contributed by atoms with van der Waals surface area (Å²) in [4.78, 5) is 18.5. The lowest BCUT2D eigenvalue weighted by Gasteiger charge is -2.28. The molecule has 0 radical (unpaired) electrons. The van der Waals surface area contributed by atoms with E-state index in [1.54, 1.807) is 42.7 Å². The fourth-order valence-electron chi connectivity index (χ4n) is 7.18. The third-order valence-corrected chi connectivity index (χ3v) is 10.3. The van der Waals surface area contributed by atoms with Crippen LogP contribution >= 0.6 is 0 Å². The van der Waals surface area contributed by atoms with E-state index in [4.69, 9.17) is 42.7 Å². The first-order chi connectivity index (χ1) is 28.4. The number of anilines is 1. The van der Waals surface area contributed by atoms with Crippen molar-refractivity contribution in [3.05, 3.63) is 89.0 Å². The summed E-state index contributed by atoms with van der Waals surface area (Å²) in [5, 5.41) is 10.8. The van der Waals surface area contributed by atoms with Crippen LogP contribution in [0.3, 0.4) is 0 Å². The number of hydrogen-bond donors (Lipinski definition) is 2. The first kappa shape index (κ1) is 41.6. The van der Waals surface area contributed by atoms with E-state index < -0.39 is 0 Å². The summed E-state index contributed by atoms with van der Waals surface area (Å²) in [6.07, 6.45) is 8.56. The highest BCUT2D eigenvalue weighted by molar-refractivity contribution is 6.02. The predicted molar refractivity (Wildman–Crippen MR) is 222 cm³/mol. The zero-order chi connectivity index (χ0) is 40.9. The Bertz CT molecular complexity index is 1990. The number of carbonyl (C=O) groups is 1. The molecule has 2 N–H and O–H groups in total. The van der Waals surface area contributed by atoms with Crippen molar-refractivity contribution in [2.45, 2.75) is 70.1 Å². The molecule has 0 bridgehead atoms. The number of para-hydroxylation sites is 1. The van der Waals surface area contributed by atoms with Gasteiger partial charge in [-0.2, -0.15) is 0 Å². The molecule has 2 atom stereocenters. The molecule has 2 aliphatic heterocycles. The van der Waals surface area contributed by atoms with Crippen molar-refractivity contribution in [1.82, 2.24) is 5.32 Å². The number of methoxy groups -OCH3 is 6. The smallest absolute Gasteiger partial charge is 0.255 e. The second-order valence-corrected chi connectivity index (χ2v) is 14.0. The number of ether oxygens (including phenoxy) is 8. The second kappa shape index (κ2) is 20.4. The number of fused-ring (bicyclic) bond motifs is 1. The summed E-state index contributed by atoms with van der Waals surface area (Å²) in [6.45, 7) is 1.17. The lowest BCUT2D eigenvalue weighted by Crippen LogP contribution is -2.38. The number of hydrogen-bond acceptors (Lipinski definition) is 12. The Morgan fingerprint density at radius 1 is 0.586 bits per heavy atom. The van der Waals surface area contributed by atoms with Crippen molar-refractivity contribution >= 4 is 17.3 Å². The Morgan fingerprint density at radius 2 is 1.16 bits per heavy atom. The largest absolute Gasteiger partial charge is 0.493 e. The van der Waals surface area contributed by atoms with E-state index in [2.05, 4.69) is 15.8 Å². The molecule has 0 aliphatic carbocycles. The van der Waals surface area contributed by atoms with Gasteiger partial charge in [-0.25, -0.2) is 0 Å². The van der Waals surface area contributed by atoms with Crippen LogP contribution in [0.25, 0.3) is 0 Å². The van der Waals surface area contributed by atoms with Crippen LogP contribution < -0.4 is 48.5 Å². The molecular formula is C45H55N3O10. The lowest BCUT2D eigenvalue weighted by atomic mass is 9.99. The third-order valence-electron chi connectivity index (χ3n) is 10.3. The minimum Gasteiger partial charge on any atom is -0.493 e. The van der Waals surface area contributed by atoms with Crippen LogP contribution in [0, 0.1) is 0 Å². The minimum absolute atomic E-state index is 0.106. The standard InChI is InChI=1S/C45H55N3O10/c1-50-37-23-29(44-46-33-18-14-13-17-32(33)45(49)47-44)19-20-35(37)56-21-15-11-9-7-8-10-12-16-22-57-43-40(53-4)26-31(27-41(43)54-5)36-28-34(48-58-36)30-24-38(51-2)42(55-6)39(25-30)52-3/h13-14,17-20,23-27,36,44,46H,7-12,15-16,21-22,28H2,1-6H3,(H,47,49). The van der Waals surface area contributed by atoms with Crippen molar-refractivity contribution < 1.29 is 47.5 Å². The molecule has 0 saturated heterocycles. The fourth-order valence-corrected chi connectivity index (χ4v) is 7.18. The van der Waals surface area contributed by atoms with Crippen LogP contribution in [0.15, 0.2) is 71.9 Å². The molecule has 2 heterocycles. The fraction of sp³-hybridized carbons (Fsp3) is 0.422. The van der Waals surface area contributed by atoms with Crippen molar-refractivity contribution in [1.29, 1.82) is 0 Å². The molecule has 2 aliphatic rings. The molecule has 13 heteroatoms. The molecule has 4 aromatic carbocycles. The van der Waals surface area contributed by atoms with Gasteiger partial charge in [-0.05, 0) is 66.9 Å². The highest BCUT2D eigenvalue weighted by atomic mass is 16.6. The van der Waals surface area contributed by atoms with Crippen LogP contribution in [0.5, 0.6) is 46.0 Å². The van der Waals surface area contributed by atoms with Crippen molar-refractivity contribution in [3.8, 4) is 46.0 Å². The van der Waals surface area contributed by atoms with Gasteiger partial charge in [0.1, 0.15) is 6.17 Å². The van der Waals surface area contributed by atoms with Gasteiger partial charge in [0.2, 0.25) is 11.5 Å². The van der Waals surface area contributed by atoms with E-state index in [0.29, 0.717) is 71.2 Å². The van der Waals surface area contributed by atoms with E-state index in [9.17, 15) is 4.79 Å². The van der Waals surface area contributed by atoms with Crippen molar-refractivity contribution in [2.75, 3.05) is 61.2 Å². The molecule has 0 aromatic heterocycles. The summed E-state index contributed by atoms with van der Waals surface area (Å²) in [5.41, 5.74) is 4.78. The SMILES string of the molecule is COc1cc(C2NC(=O)c3ccccc3N2)ccc1OCCCCCCCCCCOc1c(OC)cc(C2CC(c3cc(OC)c(OC)c(OC)c3)=NO2)cc1OC. The van der Waals surface area contributed by atoms with Gasteiger partial charge in [0.15, 0.2) is 40.6 Å². The summed E-state index contributed by atoms with van der Waals surface area (Å²) in [6, 6.07) is 20.8. The number of unbranched alkanes of at least 4 members (excludes halogenated alkanes) is 7. The number of amides is 1. The zero-order valence-corrected chi connectivity index (χ0v) is 34.3. The number of carbonyl (C=O) groups excluding carboxylic acids is 1. The van der Waals surface area contributed by atoms with Gasteiger partial charge in [-0.15, -0.1) is 0 Å². The number of oxime groups is 1. The molecule has 4 aromatic rings. The maximum absolute atomic E-state index is 12.6. The quantitative estimate of drug-likeness (QED) is 0.0738. The third kappa shape index (κ3) is 9.93. The molecular weight excluding hydrogens is 743 g/mol. The molecule has 1 amide bonds. The average Bonchev–Trinajstić information content (AvgIpc) is 3.76. The summed E-state index contributed by atoms with van der Waals surface area (Å²) in [7, 11) is 9.62. The van der Waals surface area contributed by atoms with Gasteiger partial charge in [0.25, 0.3) is 5.91 Å². The topological polar surface area (TPSA) is 137 Å². The average molecular weight is 798 g/mol. The molecule has 2 unspecified atom stereocenters. The maximum atomic E-state index is 12.6. The lowest BCUT2D eigenvalue weighted by molar-refractivity contribution is 0.0852. The second-order valence-electron chi connectivity index (χ2n) is 14.0. The summed E-state index contributed by atoms with van der Waals surface area (Å²) < 4.78 is 45.9. The van der Waals surface area contributed by atoms with Crippen LogP contribution in [0.1, 0.15) is 97.1 Å². The van der Waals surface area contributed by atoms with E-state index in [1.165, 1.54) is 12.8 Å². The van der Waals surface area contributed by atoms with Crippen molar-refractivity contribution in [2.24, 2.45) is 5.16 Å². The van der Waals surface area contributed by atoms with Gasteiger partial charge in [0.05, 0.1) is 67.1 Å². The molecule has 6 rings (SSSR count). The van der Waals surface area contributed by atoms with Crippen LogP contribution in [0.2, 0.25) is 0 Å². The molecule has 0 fully saturated rings. The van der Waals surface area contributed by atoms with E-state index in [0.717, 1.165) is 66.6 Å². The Morgan fingerprint density at radius 3 is 1.78 bits per heavy atom. The molecule has 58 heavy (non-hydrogen) atoms. The highest BCUT2D eigenvalue weighted by Gasteiger charge is 2.29. The highest BCUT2D eigenvalue weighted by Crippen LogP contribution is 2.44.